The number of benzene rings is 1. The number of carbonyl (C=O) groups is 2. The van der Waals surface area contributed by atoms with E-state index in [1.54, 1.807) is 6.26 Å². The van der Waals surface area contributed by atoms with Crippen LogP contribution in [0.3, 0.4) is 0 Å². The highest BCUT2D eigenvalue weighted by Gasteiger charge is 2.54. The van der Waals surface area contributed by atoms with E-state index >= 15 is 0 Å². The van der Waals surface area contributed by atoms with Gasteiger partial charge in [-0.25, -0.2) is 4.98 Å². The van der Waals surface area contributed by atoms with E-state index in [1.165, 1.54) is 7.05 Å². The molecule has 2 aliphatic heterocycles. The summed E-state index contributed by atoms with van der Waals surface area (Å²) in [6, 6.07) is 9.75. The molecule has 5 rings (SSSR count). The summed E-state index contributed by atoms with van der Waals surface area (Å²) < 4.78 is 6.87. The van der Waals surface area contributed by atoms with E-state index in [4.69, 9.17) is 41.6 Å². The Balaban J connectivity index is 0.000000204. The quantitative estimate of drug-likeness (QED) is 0.523. The molecule has 0 spiro atoms. The minimum absolute atomic E-state index is 0.349. The number of imidazole rings is 1. The summed E-state index contributed by atoms with van der Waals surface area (Å²) in [6.45, 7) is 0.795. The van der Waals surface area contributed by atoms with Crippen molar-refractivity contribution >= 4 is 43.2 Å². The van der Waals surface area contributed by atoms with Crippen molar-refractivity contribution < 1.29 is 19.2 Å². The predicted octanol–water partition coefficient (Wildman–Crippen LogP) is -0.0964. The molecule has 4 heterocycles. The zero-order chi connectivity index (χ0) is 25.5. The Bertz CT molecular complexity index is 1240. The fourth-order valence-electron chi connectivity index (χ4n) is 4.23. The SMILES string of the molecule is NC(=O)c1nc(-c2cccc(-c3ccon3)c2)c2n1CCCC2.[B]C1([B])C(O)C(=O)N(C)C1([B])[B]. The first-order chi connectivity index (χ1) is 16.5. The summed E-state index contributed by atoms with van der Waals surface area (Å²) in [5, 5.41) is 9.66. The highest BCUT2D eigenvalue weighted by atomic mass is 16.5. The Morgan fingerprint density at radius 2 is 1.91 bits per heavy atom. The molecule has 3 N–H and O–H groups in total. The lowest BCUT2D eigenvalue weighted by Crippen LogP contribution is -2.52. The van der Waals surface area contributed by atoms with Gasteiger partial charge in [-0.2, -0.15) is 0 Å². The topological polar surface area (TPSA) is 127 Å². The predicted molar refractivity (Wildman–Crippen MR) is 132 cm³/mol. The molecular weight excluding hydrogens is 442 g/mol. The zero-order valence-corrected chi connectivity index (χ0v) is 19.2. The number of fused-ring (bicyclic) bond motifs is 1. The maximum absolute atomic E-state index is 11.7. The van der Waals surface area contributed by atoms with Gasteiger partial charge in [0.15, 0.2) is 5.82 Å². The number of nitrogens with two attached hydrogens (primary N) is 1. The molecule has 2 aliphatic rings. The third-order valence-electron chi connectivity index (χ3n) is 6.47. The van der Waals surface area contributed by atoms with Crippen LogP contribution in [-0.4, -0.2) is 86.4 Å². The highest BCUT2D eigenvalue weighted by Crippen LogP contribution is 2.42. The van der Waals surface area contributed by atoms with Gasteiger partial charge >= 0.3 is 0 Å². The number of hydrogen-bond acceptors (Lipinski definition) is 6. The van der Waals surface area contributed by atoms with E-state index in [9.17, 15) is 14.7 Å². The molecular formula is C22H21B4N5O4. The van der Waals surface area contributed by atoms with Gasteiger partial charge in [-0.1, -0.05) is 28.6 Å². The van der Waals surface area contributed by atoms with Crippen molar-refractivity contribution in [3.8, 4) is 22.5 Å². The second-order valence-electron chi connectivity index (χ2n) is 8.73. The lowest BCUT2D eigenvalue weighted by atomic mass is 9.33. The minimum atomic E-state index is -1.82. The van der Waals surface area contributed by atoms with E-state index in [-0.39, 0.29) is 0 Å². The first-order valence-corrected chi connectivity index (χ1v) is 11.0. The third-order valence-corrected chi connectivity index (χ3v) is 6.47. The van der Waals surface area contributed by atoms with Crippen molar-refractivity contribution in [2.45, 2.75) is 42.5 Å². The van der Waals surface area contributed by atoms with Gasteiger partial charge in [-0.15, -0.1) is 0 Å². The monoisotopic (exact) mass is 463 g/mol. The first-order valence-electron chi connectivity index (χ1n) is 11.0. The van der Waals surface area contributed by atoms with Crippen molar-refractivity contribution in [1.82, 2.24) is 19.6 Å². The third kappa shape index (κ3) is 4.22. The van der Waals surface area contributed by atoms with Crippen LogP contribution >= 0.6 is 0 Å². The minimum Gasteiger partial charge on any atom is -0.384 e. The smallest absolute Gasteiger partial charge is 0.284 e. The van der Waals surface area contributed by atoms with Crippen LogP contribution < -0.4 is 5.73 Å². The molecule has 35 heavy (non-hydrogen) atoms. The molecule has 0 aliphatic carbocycles. The summed E-state index contributed by atoms with van der Waals surface area (Å²) in [5.74, 6) is -0.807. The van der Waals surface area contributed by atoms with Crippen molar-refractivity contribution in [3.63, 3.8) is 0 Å². The van der Waals surface area contributed by atoms with Gasteiger partial charge in [-0.05, 0) is 30.7 Å². The second-order valence-corrected chi connectivity index (χ2v) is 8.73. The molecule has 1 unspecified atom stereocenters. The lowest BCUT2D eigenvalue weighted by molar-refractivity contribution is -0.133. The summed E-state index contributed by atoms with van der Waals surface area (Å²) in [5.41, 5.74) is 10.1. The Labute approximate surface area is 208 Å². The fraction of sp³-hybridized carbons (Fsp3) is 0.364. The average Bonchev–Trinajstić information content (AvgIpc) is 3.53. The molecule has 1 saturated heterocycles. The van der Waals surface area contributed by atoms with Crippen LogP contribution in [-0.2, 0) is 17.8 Å². The number of rotatable bonds is 3. The molecule has 9 nitrogen and oxygen atoms in total. The Hall–Kier alpha value is -3.20. The summed E-state index contributed by atoms with van der Waals surface area (Å²) >= 11 is 0. The summed E-state index contributed by atoms with van der Waals surface area (Å²) in [7, 11) is 23.0. The molecule has 1 fully saturated rings. The van der Waals surface area contributed by atoms with Crippen LogP contribution in [0, 0.1) is 0 Å². The van der Waals surface area contributed by atoms with Gasteiger partial charge in [0.05, 0.1) is 37.1 Å². The van der Waals surface area contributed by atoms with Crippen LogP contribution in [0.5, 0.6) is 0 Å². The number of aliphatic hydroxyl groups is 1. The molecule has 1 aromatic carbocycles. The molecule has 2 amide bonds. The molecule has 2 aromatic heterocycles. The molecule has 0 saturated carbocycles. The van der Waals surface area contributed by atoms with E-state index < -0.39 is 28.5 Å². The first kappa shape index (κ1) is 24.9. The number of likely N-dealkylation sites (tertiary alicyclic amines) is 1. The number of hydrogen-bond donors (Lipinski definition) is 2. The Morgan fingerprint density at radius 3 is 2.46 bits per heavy atom. The highest BCUT2D eigenvalue weighted by molar-refractivity contribution is 6.57. The Morgan fingerprint density at radius 1 is 1.20 bits per heavy atom. The number of aliphatic hydroxyl groups excluding tert-OH is 1. The summed E-state index contributed by atoms with van der Waals surface area (Å²) in [4.78, 5) is 28.2. The van der Waals surface area contributed by atoms with E-state index in [1.807, 2.05) is 34.9 Å². The van der Waals surface area contributed by atoms with Crippen molar-refractivity contribution in [2.75, 3.05) is 7.05 Å². The summed E-state index contributed by atoms with van der Waals surface area (Å²) in [6.07, 6.45) is 3.04. The van der Waals surface area contributed by atoms with Crippen molar-refractivity contribution in [2.24, 2.45) is 5.73 Å². The van der Waals surface area contributed by atoms with Crippen LogP contribution in [0.15, 0.2) is 41.1 Å². The van der Waals surface area contributed by atoms with Gasteiger partial charge in [-0.3, -0.25) is 9.59 Å². The number of nitrogens with zero attached hydrogens (tertiary/aromatic N) is 4. The molecule has 170 valence electrons. The van der Waals surface area contributed by atoms with Crippen LogP contribution in [0.25, 0.3) is 22.5 Å². The number of amides is 2. The number of primary amides is 1. The van der Waals surface area contributed by atoms with Gasteiger partial charge in [0, 0.05) is 36.5 Å². The molecule has 3 aromatic rings. The van der Waals surface area contributed by atoms with Gasteiger partial charge in [0.25, 0.3) is 5.91 Å². The second kappa shape index (κ2) is 9.11. The maximum atomic E-state index is 11.7. The van der Waals surface area contributed by atoms with E-state index in [2.05, 4.69) is 10.1 Å². The van der Waals surface area contributed by atoms with Crippen LogP contribution in [0.4, 0.5) is 0 Å². The number of carbonyl (C=O) groups excluding carboxylic acids is 2. The van der Waals surface area contributed by atoms with Gasteiger partial charge < -0.3 is 24.8 Å². The maximum Gasteiger partial charge on any atom is 0.284 e. The van der Waals surface area contributed by atoms with Crippen molar-refractivity contribution in [3.05, 3.63) is 48.1 Å². The van der Waals surface area contributed by atoms with Gasteiger partial charge in [0.2, 0.25) is 5.91 Å². The average molecular weight is 463 g/mol. The number of aromatic nitrogens is 3. The molecule has 13 heteroatoms. The number of likely N-dealkylation sites (N-methyl/N-ethyl adjacent to an activating group) is 1. The van der Waals surface area contributed by atoms with Crippen molar-refractivity contribution in [1.29, 1.82) is 0 Å². The van der Waals surface area contributed by atoms with E-state index in [0.717, 1.165) is 58.9 Å². The molecule has 8 radical (unpaired) electrons. The van der Waals surface area contributed by atoms with E-state index in [0.29, 0.717) is 5.82 Å². The van der Waals surface area contributed by atoms with Gasteiger partial charge in [0.1, 0.15) is 18.1 Å². The lowest BCUT2D eigenvalue weighted by Gasteiger charge is -2.41. The molecule has 0 bridgehead atoms. The van der Waals surface area contributed by atoms with Crippen LogP contribution in [0.1, 0.15) is 29.2 Å². The molecule has 1 atom stereocenters. The largest absolute Gasteiger partial charge is 0.384 e. The Kier molecular flexibility index (Phi) is 6.48. The van der Waals surface area contributed by atoms with Crippen LogP contribution in [0.2, 0.25) is 5.21 Å². The fourth-order valence-corrected chi connectivity index (χ4v) is 4.23. The standard InChI is InChI=1S/C17H16N4O2.C5H5B4NO2/c18-16(22)17-19-15(14-6-1-2-8-21(14)17)12-5-3-4-11(10-12)13-7-9-23-20-13;1-10-3(12)2(11)4(6,7)5(10,8)9/h3-5,7,9-10H,1-2,6,8H2,(H2,18,22);2,11H,1H3. The normalized spacial score (nSPS) is 20.1. The zero-order valence-electron chi connectivity index (χ0n) is 19.2.